The molecular weight excluding hydrogens is 275 g/mol. The maximum Gasteiger partial charge on any atom is 0.494 e. The second-order valence-corrected chi connectivity index (χ2v) is 7.10. The molecule has 3 rings (SSSR count). The van der Waals surface area contributed by atoms with Crippen LogP contribution >= 0.6 is 0 Å². The predicted molar refractivity (Wildman–Crippen MR) is 88.8 cm³/mol. The summed E-state index contributed by atoms with van der Waals surface area (Å²) in [7, 11) is -0.322. The molecule has 5 heteroatoms. The molecule has 1 aromatic carbocycles. The van der Waals surface area contributed by atoms with Crippen LogP contribution in [0.15, 0.2) is 30.6 Å². The molecule has 1 saturated heterocycles. The minimum Gasteiger partial charge on any atom is -0.399 e. The van der Waals surface area contributed by atoms with E-state index in [4.69, 9.17) is 9.31 Å². The van der Waals surface area contributed by atoms with Crippen LogP contribution in [0.1, 0.15) is 38.8 Å². The smallest absolute Gasteiger partial charge is 0.399 e. The van der Waals surface area contributed by atoms with Gasteiger partial charge >= 0.3 is 7.12 Å². The fraction of sp³-hybridized carbons (Fsp3) is 0.471. The largest absolute Gasteiger partial charge is 0.494 e. The molecular formula is C17H23BN2O2. The molecule has 116 valence electrons. The molecule has 1 aromatic heterocycles. The Morgan fingerprint density at radius 1 is 1.05 bits per heavy atom. The molecule has 0 unspecified atom stereocenters. The Bertz CT molecular complexity index is 690. The first-order valence-corrected chi connectivity index (χ1v) is 7.67. The van der Waals surface area contributed by atoms with Gasteiger partial charge in [0.25, 0.3) is 0 Å². The molecule has 0 bridgehead atoms. The van der Waals surface area contributed by atoms with Crippen molar-refractivity contribution in [3.63, 3.8) is 0 Å². The summed E-state index contributed by atoms with van der Waals surface area (Å²) in [4.78, 5) is 0. The van der Waals surface area contributed by atoms with E-state index in [0.29, 0.717) is 0 Å². The van der Waals surface area contributed by atoms with E-state index in [2.05, 4.69) is 57.9 Å². The molecule has 1 aliphatic heterocycles. The predicted octanol–water partition coefficient (Wildman–Crippen LogP) is 2.79. The lowest BCUT2D eigenvalue weighted by atomic mass is 9.78. The first-order chi connectivity index (χ1) is 10.2. The summed E-state index contributed by atoms with van der Waals surface area (Å²) in [5.74, 6) is 0. The van der Waals surface area contributed by atoms with Gasteiger partial charge in [-0.05, 0) is 64.2 Å². The van der Waals surface area contributed by atoms with E-state index < -0.39 is 0 Å². The second-order valence-electron chi connectivity index (χ2n) is 7.10. The van der Waals surface area contributed by atoms with Gasteiger partial charge in [0.1, 0.15) is 0 Å². The Labute approximate surface area is 132 Å². The topological polar surface area (TPSA) is 36.3 Å². The molecule has 2 aromatic rings. The fourth-order valence-electron chi connectivity index (χ4n) is 2.61. The molecule has 1 fully saturated rings. The monoisotopic (exact) mass is 298 g/mol. The van der Waals surface area contributed by atoms with Crippen molar-refractivity contribution in [1.29, 1.82) is 0 Å². The summed E-state index contributed by atoms with van der Waals surface area (Å²) in [6, 6.07) is 6.25. The van der Waals surface area contributed by atoms with Gasteiger partial charge in [0.2, 0.25) is 0 Å². The van der Waals surface area contributed by atoms with Crippen LogP contribution < -0.4 is 5.46 Å². The molecule has 0 atom stereocenters. The lowest BCUT2D eigenvalue weighted by Gasteiger charge is -2.32. The van der Waals surface area contributed by atoms with Crippen LogP contribution in [0.4, 0.5) is 0 Å². The van der Waals surface area contributed by atoms with Gasteiger partial charge in [0.05, 0.1) is 23.1 Å². The molecule has 0 amide bonds. The van der Waals surface area contributed by atoms with Crippen molar-refractivity contribution in [3.8, 4) is 5.69 Å². The number of aryl methyl sites for hydroxylation is 2. The molecule has 1 aliphatic rings. The zero-order valence-electron chi connectivity index (χ0n) is 14.2. The van der Waals surface area contributed by atoms with Crippen LogP contribution in [0, 0.1) is 13.8 Å². The highest BCUT2D eigenvalue weighted by Crippen LogP contribution is 2.36. The number of hydrogen-bond acceptors (Lipinski definition) is 3. The Balaban J connectivity index is 1.90. The lowest BCUT2D eigenvalue weighted by molar-refractivity contribution is 0.00578. The van der Waals surface area contributed by atoms with Crippen molar-refractivity contribution < 1.29 is 9.31 Å². The van der Waals surface area contributed by atoms with Crippen LogP contribution in [0.5, 0.6) is 0 Å². The van der Waals surface area contributed by atoms with Gasteiger partial charge in [-0.2, -0.15) is 5.10 Å². The minimum atomic E-state index is -0.322. The average molecular weight is 298 g/mol. The third kappa shape index (κ3) is 2.48. The average Bonchev–Trinajstić information content (AvgIpc) is 2.91. The minimum absolute atomic E-state index is 0.316. The number of hydrogen-bond donors (Lipinski definition) is 0. The molecule has 2 heterocycles. The molecule has 0 aliphatic carbocycles. The maximum atomic E-state index is 6.11. The summed E-state index contributed by atoms with van der Waals surface area (Å²) in [6.07, 6.45) is 3.89. The van der Waals surface area contributed by atoms with E-state index in [1.165, 1.54) is 0 Å². The number of nitrogens with zero attached hydrogens (tertiary/aromatic N) is 2. The third-order valence-electron chi connectivity index (χ3n) is 4.70. The molecule has 0 N–H and O–H groups in total. The van der Waals surface area contributed by atoms with Crippen molar-refractivity contribution in [1.82, 2.24) is 9.78 Å². The molecule has 0 radical (unpaired) electrons. The first kappa shape index (κ1) is 15.3. The number of rotatable bonds is 2. The zero-order valence-corrected chi connectivity index (χ0v) is 14.2. The highest BCUT2D eigenvalue weighted by Gasteiger charge is 2.51. The lowest BCUT2D eigenvalue weighted by Crippen LogP contribution is -2.41. The van der Waals surface area contributed by atoms with E-state index in [0.717, 1.165) is 22.3 Å². The van der Waals surface area contributed by atoms with Crippen molar-refractivity contribution in [2.75, 3.05) is 0 Å². The summed E-state index contributed by atoms with van der Waals surface area (Å²) in [5, 5.41) is 4.37. The van der Waals surface area contributed by atoms with E-state index >= 15 is 0 Å². The van der Waals surface area contributed by atoms with Gasteiger partial charge in [0.15, 0.2) is 0 Å². The van der Waals surface area contributed by atoms with Gasteiger partial charge < -0.3 is 9.31 Å². The van der Waals surface area contributed by atoms with E-state index in [9.17, 15) is 0 Å². The van der Waals surface area contributed by atoms with Gasteiger partial charge in [-0.15, -0.1) is 0 Å². The third-order valence-corrected chi connectivity index (χ3v) is 4.70. The van der Waals surface area contributed by atoms with Gasteiger partial charge in [0, 0.05) is 6.20 Å². The Kier molecular flexibility index (Phi) is 3.46. The fourth-order valence-corrected chi connectivity index (χ4v) is 2.61. The van der Waals surface area contributed by atoms with E-state index in [1.54, 1.807) is 0 Å². The van der Waals surface area contributed by atoms with Crippen LogP contribution in [0.25, 0.3) is 5.69 Å². The van der Waals surface area contributed by atoms with Crippen LogP contribution in [0.3, 0.4) is 0 Å². The Hall–Kier alpha value is -1.59. The van der Waals surface area contributed by atoms with Crippen molar-refractivity contribution >= 4 is 12.6 Å². The quantitative estimate of drug-likeness (QED) is 0.800. The molecule has 0 saturated carbocycles. The number of benzene rings is 1. The second kappa shape index (κ2) is 4.96. The maximum absolute atomic E-state index is 6.11. The Morgan fingerprint density at radius 3 is 2.18 bits per heavy atom. The summed E-state index contributed by atoms with van der Waals surface area (Å²) >= 11 is 0. The SMILES string of the molecule is Cc1cnn(-c2ccc(B3OC(C)(C)C(C)(C)O3)cc2C)c1. The van der Waals surface area contributed by atoms with Gasteiger partial charge in [-0.1, -0.05) is 12.1 Å². The van der Waals surface area contributed by atoms with Crippen molar-refractivity contribution in [3.05, 3.63) is 41.7 Å². The molecule has 4 nitrogen and oxygen atoms in total. The van der Waals surface area contributed by atoms with E-state index in [-0.39, 0.29) is 18.3 Å². The standard InChI is InChI=1S/C17H23BN2O2/c1-12-10-19-20(11-12)15-8-7-14(9-13(15)2)18-21-16(3,4)17(5,6)22-18/h7-11H,1-6H3. The molecule has 22 heavy (non-hydrogen) atoms. The summed E-state index contributed by atoms with van der Waals surface area (Å²) in [6.45, 7) is 12.4. The Morgan fingerprint density at radius 2 is 1.68 bits per heavy atom. The van der Waals surface area contributed by atoms with Gasteiger partial charge in [-0.25, -0.2) is 4.68 Å². The van der Waals surface area contributed by atoms with Crippen LogP contribution in [-0.2, 0) is 9.31 Å². The highest BCUT2D eigenvalue weighted by molar-refractivity contribution is 6.62. The van der Waals surface area contributed by atoms with Crippen molar-refractivity contribution in [2.45, 2.75) is 52.7 Å². The summed E-state index contributed by atoms with van der Waals surface area (Å²) < 4.78 is 14.1. The van der Waals surface area contributed by atoms with Gasteiger partial charge in [-0.3, -0.25) is 0 Å². The highest BCUT2D eigenvalue weighted by atomic mass is 16.7. The van der Waals surface area contributed by atoms with Crippen LogP contribution in [0.2, 0.25) is 0 Å². The van der Waals surface area contributed by atoms with Crippen LogP contribution in [-0.4, -0.2) is 28.1 Å². The summed E-state index contributed by atoms with van der Waals surface area (Å²) in [5.41, 5.74) is 3.79. The van der Waals surface area contributed by atoms with E-state index in [1.807, 2.05) is 24.0 Å². The number of aromatic nitrogens is 2. The molecule has 0 spiro atoms. The van der Waals surface area contributed by atoms with Crippen molar-refractivity contribution in [2.24, 2.45) is 0 Å². The first-order valence-electron chi connectivity index (χ1n) is 7.67. The zero-order chi connectivity index (χ0) is 16.1. The normalized spacial score (nSPS) is 19.6.